The molecule has 3 aromatic rings. The molecule has 0 radical (unpaired) electrons. The number of nitrogens with zero attached hydrogens (tertiary/aromatic N) is 1. The van der Waals surface area contributed by atoms with Gasteiger partial charge in [-0.3, -0.25) is 9.59 Å². The average Bonchev–Trinajstić information content (AvgIpc) is 3.15. The lowest BCUT2D eigenvalue weighted by Gasteiger charge is -2.20. The van der Waals surface area contributed by atoms with Crippen molar-refractivity contribution in [3.8, 4) is 11.5 Å². The van der Waals surface area contributed by atoms with Gasteiger partial charge in [-0.15, -0.1) is 0 Å². The van der Waals surface area contributed by atoms with Gasteiger partial charge < -0.3 is 14.4 Å². The first-order valence-corrected chi connectivity index (χ1v) is 11.1. The highest BCUT2D eigenvalue weighted by atomic mass is 16.5. The summed E-state index contributed by atoms with van der Waals surface area (Å²) in [4.78, 5) is 27.5. The summed E-state index contributed by atoms with van der Waals surface area (Å²) in [6.07, 6.45) is 1.76. The quantitative estimate of drug-likeness (QED) is 0.331. The molecule has 1 heterocycles. The van der Waals surface area contributed by atoms with Gasteiger partial charge in [-0.05, 0) is 56.2 Å². The number of benzene rings is 3. The minimum absolute atomic E-state index is 0.0855. The SMILES string of the molecule is CCN(CC)c1ccc(/C=C2\Oc3cc(OCC(=O)c4ccccc4)cc(C)c3C2=O)cc1. The predicted molar refractivity (Wildman–Crippen MR) is 130 cm³/mol. The standard InChI is InChI=1S/C28H27NO4/c1-4-29(5-2)22-13-11-20(12-14-22)16-26-28(31)27-19(3)15-23(17-25(27)33-26)32-18-24(30)21-9-7-6-8-10-21/h6-17H,4-5,18H2,1-3H3/b26-16-. The zero-order valence-corrected chi connectivity index (χ0v) is 19.1. The van der Waals surface area contributed by atoms with E-state index in [1.165, 1.54) is 0 Å². The second kappa shape index (κ2) is 9.74. The minimum Gasteiger partial charge on any atom is -0.485 e. The molecule has 1 aliphatic rings. The van der Waals surface area contributed by atoms with Crippen LogP contribution in [-0.4, -0.2) is 31.3 Å². The Morgan fingerprint density at radius 2 is 1.70 bits per heavy atom. The number of anilines is 1. The van der Waals surface area contributed by atoms with Crippen molar-refractivity contribution in [3.63, 3.8) is 0 Å². The fourth-order valence-corrected chi connectivity index (χ4v) is 3.94. The summed E-state index contributed by atoms with van der Waals surface area (Å²) in [5.41, 5.74) is 3.91. The lowest BCUT2D eigenvalue weighted by atomic mass is 10.0. The molecule has 0 spiro atoms. The van der Waals surface area contributed by atoms with Gasteiger partial charge in [0, 0.05) is 30.4 Å². The summed E-state index contributed by atoms with van der Waals surface area (Å²) in [5, 5.41) is 0. The Hall–Kier alpha value is -3.86. The Morgan fingerprint density at radius 1 is 1.00 bits per heavy atom. The minimum atomic E-state index is -0.151. The average molecular weight is 442 g/mol. The van der Waals surface area contributed by atoms with Crippen molar-refractivity contribution in [2.24, 2.45) is 0 Å². The van der Waals surface area contributed by atoms with Crippen LogP contribution >= 0.6 is 0 Å². The first kappa shape index (κ1) is 22.3. The number of rotatable bonds is 8. The molecule has 0 aliphatic carbocycles. The van der Waals surface area contributed by atoms with Crippen LogP contribution in [0.1, 0.15) is 45.7 Å². The number of ether oxygens (including phenoxy) is 2. The number of fused-ring (bicyclic) bond motifs is 1. The molecule has 0 N–H and O–H groups in total. The maximum atomic E-state index is 13.0. The van der Waals surface area contributed by atoms with E-state index in [1.807, 2.05) is 49.4 Å². The first-order valence-electron chi connectivity index (χ1n) is 11.1. The molecule has 0 aromatic heterocycles. The molecule has 0 atom stereocenters. The fourth-order valence-electron chi connectivity index (χ4n) is 3.94. The van der Waals surface area contributed by atoms with Crippen molar-refractivity contribution in [2.75, 3.05) is 24.6 Å². The van der Waals surface area contributed by atoms with E-state index >= 15 is 0 Å². The maximum Gasteiger partial charge on any atom is 0.232 e. The summed E-state index contributed by atoms with van der Waals surface area (Å²) in [7, 11) is 0. The Bertz CT molecular complexity index is 1190. The third kappa shape index (κ3) is 4.82. The summed E-state index contributed by atoms with van der Waals surface area (Å²) in [5.74, 6) is 0.962. The number of ketones is 2. The van der Waals surface area contributed by atoms with Gasteiger partial charge in [0.2, 0.25) is 5.78 Å². The Kier molecular flexibility index (Phi) is 6.59. The van der Waals surface area contributed by atoms with Gasteiger partial charge in [-0.25, -0.2) is 0 Å². The maximum absolute atomic E-state index is 13.0. The molecule has 1 aliphatic heterocycles. The monoisotopic (exact) mass is 441 g/mol. The highest BCUT2D eigenvalue weighted by Gasteiger charge is 2.30. The van der Waals surface area contributed by atoms with Crippen molar-refractivity contribution in [1.29, 1.82) is 0 Å². The van der Waals surface area contributed by atoms with Crippen LogP contribution < -0.4 is 14.4 Å². The van der Waals surface area contributed by atoms with Crippen molar-refractivity contribution < 1.29 is 19.1 Å². The summed E-state index contributed by atoms with van der Waals surface area (Å²) >= 11 is 0. The molecule has 0 saturated heterocycles. The van der Waals surface area contributed by atoms with E-state index in [2.05, 4.69) is 18.7 Å². The molecule has 0 bridgehead atoms. The van der Waals surface area contributed by atoms with Crippen LogP contribution in [0.15, 0.2) is 72.5 Å². The molecule has 0 saturated carbocycles. The highest BCUT2D eigenvalue weighted by molar-refractivity contribution is 6.15. The molecule has 33 heavy (non-hydrogen) atoms. The van der Waals surface area contributed by atoms with E-state index in [1.54, 1.807) is 30.3 Å². The van der Waals surface area contributed by atoms with E-state index in [-0.39, 0.29) is 23.9 Å². The summed E-state index contributed by atoms with van der Waals surface area (Å²) in [6.45, 7) is 7.88. The number of allylic oxidation sites excluding steroid dienone is 1. The number of hydrogen-bond donors (Lipinski definition) is 0. The Balaban J connectivity index is 1.49. The number of aryl methyl sites for hydroxylation is 1. The van der Waals surface area contributed by atoms with Gasteiger partial charge in [-0.1, -0.05) is 42.5 Å². The van der Waals surface area contributed by atoms with Gasteiger partial charge in [0.05, 0.1) is 5.56 Å². The van der Waals surface area contributed by atoms with Crippen LogP contribution in [-0.2, 0) is 0 Å². The number of Topliss-reactive ketones (excluding diaryl/α,β-unsaturated/α-hetero) is 2. The van der Waals surface area contributed by atoms with Crippen LogP contribution in [0.5, 0.6) is 11.5 Å². The van der Waals surface area contributed by atoms with E-state index in [4.69, 9.17) is 9.47 Å². The third-order valence-corrected chi connectivity index (χ3v) is 5.73. The number of hydrogen-bond acceptors (Lipinski definition) is 5. The lowest BCUT2D eigenvalue weighted by molar-refractivity contribution is 0.0920. The van der Waals surface area contributed by atoms with Gasteiger partial charge in [-0.2, -0.15) is 0 Å². The van der Waals surface area contributed by atoms with Crippen molar-refractivity contribution in [3.05, 3.63) is 94.7 Å². The van der Waals surface area contributed by atoms with Crippen molar-refractivity contribution in [2.45, 2.75) is 20.8 Å². The summed E-state index contributed by atoms with van der Waals surface area (Å²) < 4.78 is 11.6. The molecule has 5 heteroatoms. The van der Waals surface area contributed by atoms with E-state index < -0.39 is 0 Å². The molecular formula is C28H27NO4. The largest absolute Gasteiger partial charge is 0.485 e. The van der Waals surface area contributed by atoms with Gasteiger partial charge in [0.25, 0.3) is 0 Å². The van der Waals surface area contributed by atoms with Crippen LogP contribution in [0.4, 0.5) is 5.69 Å². The van der Waals surface area contributed by atoms with E-state index in [0.29, 0.717) is 22.6 Å². The normalized spacial score (nSPS) is 13.5. The molecule has 3 aromatic carbocycles. The third-order valence-electron chi connectivity index (χ3n) is 5.73. The van der Waals surface area contributed by atoms with Crippen LogP contribution in [0.3, 0.4) is 0 Å². The van der Waals surface area contributed by atoms with E-state index in [0.717, 1.165) is 29.9 Å². The van der Waals surface area contributed by atoms with Crippen molar-refractivity contribution >= 4 is 23.3 Å². The smallest absolute Gasteiger partial charge is 0.232 e. The molecule has 168 valence electrons. The van der Waals surface area contributed by atoms with Crippen LogP contribution in [0, 0.1) is 6.92 Å². The second-order valence-corrected chi connectivity index (χ2v) is 7.89. The predicted octanol–water partition coefficient (Wildman–Crippen LogP) is 5.72. The van der Waals surface area contributed by atoms with Gasteiger partial charge in [0.1, 0.15) is 11.5 Å². The van der Waals surface area contributed by atoms with Gasteiger partial charge in [0.15, 0.2) is 18.1 Å². The van der Waals surface area contributed by atoms with Crippen molar-refractivity contribution in [1.82, 2.24) is 0 Å². The summed E-state index contributed by atoms with van der Waals surface area (Å²) in [6, 6.07) is 20.5. The molecular weight excluding hydrogens is 414 g/mol. The fraction of sp³-hybridized carbons (Fsp3) is 0.214. The molecule has 4 rings (SSSR count). The first-order chi connectivity index (χ1) is 16.0. The highest BCUT2D eigenvalue weighted by Crippen LogP contribution is 2.37. The molecule has 0 unspecified atom stereocenters. The van der Waals surface area contributed by atoms with Gasteiger partial charge >= 0.3 is 0 Å². The second-order valence-electron chi connectivity index (χ2n) is 7.89. The van der Waals surface area contributed by atoms with Crippen LogP contribution in [0.25, 0.3) is 6.08 Å². The zero-order valence-electron chi connectivity index (χ0n) is 19.1. The Morgan fingerprint density at radius 3 is 2.36 bits per heavy atom. The molecule has 5 nitrogen and oxygen atoms in total. The topological polar surface area (TPSA) is 55.8 Å². The molecule has 0 fully saturated rings. The number of carbonyl (C=O) groups is 2. The Labute approximate surface area is 194 Å². The lowest BCUT2D eigenvalue weighted by Crippen LogP contribution is -2.21. The number of carbonyl (C=O) groups excluding carboxylic acids is 2. The molecule has 0 amide bonds. The zero-order chi connectivity index (χ0) is 23.4. The van der Waals surface area contributed by atoms with Crippen LogP contribution in [0.2, 0.25) is 0 Å². The van der Waals surface area contributed by atoms with E-state index in [9.17, 15) is 9.59 Å².